The number of carbonyl (C=O) groups is 1. The van der Waals surface area contributed by atoms with Crippen LogP contribution in [0.15, 0.2) is 22.7 Å². The summed E-state index contributed by atoms with van der Waals surface area (Å²) < 4.78 is 6.25. The van der Waals surface area contributed by atoms with E-state index in [2.05, 4.69) is 15.9 Å². The molecule has 1 heterocycles. The third-order valence-corrected chi connectivity index (χ3v) is 5.33. The third kappa shape index (κ3) is 2.81. The quantitative estimate of drug-likeness (QED) is 0.889. The number of benzene rings is 1. The van der Waals surface area contributed by atoms with E-state index in [-0.39, 0.29) is 11.9 Å². The molecule has 3 atom stereocenters. The first-order valence-corrected chi connectivity index (χ1v) is 8.28. The lowest BCUT2D eigenvalue weighted by molar-refractivity contribution is 0.0780. The fraction of sp³-hybridized carbons (Fsp3) is 0.562. The van der Waals surface area contributed by atoms with Gasteiger partial charge in [0.25, 0.3) is 5.91 Å². The van der Waals surface area contributed by atoms with Gasteiger partial charge in [-0.3, -0.25) is 4.79 Å². The number of fused-ring (bicyclic) bond motifs is 1. The van der Waals surface area contributed by atoms with E-state index >= 15 is 0 Å². The van der Waals surface area contributed by atoms with Crippen molar-refractivity contribution in [3.63, 3.8) is 0 Å². The molecule has 114 valence electrons. The Morgan fingerprint density at radius 1 is 1.38 bits per heavy atom. The van der Waals surface area contributed by atoms with Crippen LogP contribution in [0.1, 0.15) is 29.6 Å². The van der Waals surface area contributed by atoms with Crippen molar-refractivity contribution in [2.45, 2.75) is 25.3 Å². The zero-order valence-corrected chi connectivity index (χ0v) is 13.8. The molecule has 1 aliphatic heterocycles. The number of ether oxygens (including phenoxy) is 1. The van der Waals surface area contributed by atoms with Crippen molar-refractivity contribution in [2.24, 2.45) is 17.6 Å². The van der Waals surface area contributed by atoms with Crippen LogP contribution in [0, 0.1) is 11.8 Å². The minimum atomic E-state index is 0.0564. The number of halogens is 1. The van der Waals surface area contributed by atoms with Crippen LogP contribution < -0.4 is 10.5 Å². The monoisotopic (exact) mass is 352 g/mol. The van der Waals surface area contributed by atoms with E-state index in [1.165, 1.54) is 12.8 Å². The molecule has 1 aromatic rings. The molecule has 2 fully saturated rings. The number of carbonyl (C=O) groups excluding carboxylic acids is 1. The summed E-state index contributed by atoms with van der Waals surface area (Å²) in [6.07, 6.45) is 3.47. The summed E-state index contributed by atoms with van der Waals surface area (Å²) in [5, 5.41) is 0. The maximum absolute atomic E-state index is 12.8. The molecule has 1 aliphatic carbocycles. The first kappa shape index (κ1) is 14.9. The highest BCUT2D eigenvalue weighted by Gasteiger charge is 2.40. The van der Waals surface area contributed by atoms with Gasteiger partial charge in [0.05, 0.1) is 12.7 Å². The lowest BCUT2D eigenvalue weighted by Gasteiger charge is -2.29. The van der Waals surface area contributed by atoms with Crippen molar-refractivity contribution in [1.82, 2.24) is 4.90 Å². The van der Waals surface area contributed by atoms with Crippen LogP contribution in [0.2, 0.25) is 0 Å². The fourth-order valence-electron chi connectivity index (χ4n) is 3.69. The SMILES string of the molecule is COc1cc(Br)ccc1C(=O)N1CC2CCCC(N)C2C1. The van der Waals surface area contributed by atoms with Gasteiger partial charge in [-0.1, -0.05) is 22.4 Å². The molecule has 0 aromatic heterocycles. The molecule has 4 nitrogen and oxygen atoms in total. The predicted octanol–water partition coefficient (Wildman–Crippen LogP) is 2.66. The van der Waals surface area contributed by atoms with Gasteiger partial charge >= 0.3 is 0 Å². The van der Waals surface area contributed by atoms with Crippen molar-refractivity contribution in [1.29, 1.82) is 0 Å². The highest BCUT2D eigenvalue weighted by molar-refractivity contribution is 9.10. The highest BCUT2D eigenvalue weighted by atomic mass is 79.9. The summed E-state index contributed by atoms with van der Waals surface area (Å²) in [7, 11) is 1.60. The zero-order valence-electron chi connectivity index (χ0n) is 12.2. The second-order valence-corrected chi connectivity index (χ2v) is 6.99. The minimum Gasteiger partial charge on any atom is -0.496 e. The number of amides is 1. The smallest absolute Gasteiger partial charge is 0.257 e. The lowest BCUT2D eigenvalue weighted by Crippen LogP contribution is -2.38. The molecule has 5 heteroatoms. The number of nitrogens with two attached hydrogens (primary N) is 1. The molecule has 0 radical (unpaired) electrons. The Kier molecular flexibility index (Phi) is 4.22. The van der Waals surface area contributed by atoms with E-state index in [9.17, 15) is 4.79 Å². The Balaban J connectivity index is 1.80. The Bertz CT molecular complexity index is 549. The molecule has 2 aliphatic rings. The number of hydrogen-bond donors (Lipinski definition) is 1. The van der Waals surface area contributed by atoms with Gasteiger partial charge in [-0.2, -0.15) is 0 Å². The molecule has 3 rings (SSSR count). The van der Waals surface area contributed by atoms with Gasteiger partial charge in [-0.15, -0.1) is 0 Å². The van der Waals surface area contributed by atoms with Crippen LogP contribution in [-0.4, -0.2) is 37.0 Å². The first-order valence-electron chi connectivity index (χ1n) is 7.48. The van der Waals surface area contributed by atoms with E-state index in [1.54, 1.807) is 7.11 Å². The summed E-state index contributed by atoms with van der Waals surface area (Å²) in [6.45, 7) is 1.61. The van der Waals surface area contributed by atoms with E-state index in [0.717, 1.165) is 24.0 Å². The van der Waals surface area contributed by atoms with Crippen molar-refractivity contribution in [3.8, 4) is 5.75 Å². The summed E-state index contributed by atoms with van der Waals surface area (Å²) in [4.78, 5) is 14.7. The zero-order chi connectivity index (χ0) is 15.0. The summed E-state index contributed by atoms with van der Waals surface area (Å²) in [5.41, 5.74) is 6.86. The maximum Gasteiger partial charge on any atom is 0.257 e. The average Bonchev–Trinajstić information content (AvgIpc) is 2.92. The topological polar surface area (TPSA) is 55.6 Å². The van der Waals surface area contributed by atoms with Gasteiger partial charge in [-0.25, -0.2) is 0 Å². The van der Waals surface area contributed by atoms with Gasteiger partial charge in [0.1, 0.15) is 5.75 Å². The van der Waals surface area contributed by atoms with Crippen molar-refractivity contribution in [3.05, 3.63) is 28.2 Å². The largest absolute Gasteiger partial charge is 0.496 e. The van der Waals surface area contributed by atoms with E-state index < -0.39 is 0 Å². The van der Waals surface area contributed by atoms with Gasteiger partial charge in [0.2, 0.25) is 0 Å². The standard InChI is InChI=1S/C16H21BrN2O2/c1-21-15-7-11(17)5-6-12(15)16(20)19-8-10-3-2-4-14(18)13(10)9-19/h5-7,10,13-14H,2-4,8-9,18H2,1H3. The lowest BCUT2D eigenvalue weighted by atomic mass is 9.78. The summed E-state index contributed by atoms with van der Waals surface area (Å²) >= 11 is 3.41. The Labute approximate surface area is 133 Å². The van der Waals surface area contributed by atoms with Crippen LogP contribution in [0.4, 0.5) is 0 Å². The normalized spacial score (nSPS) is 28.3. The van der Waals surface area contributed by atoms with Crippen molar-refractivity contribution < 1.29 is 9.53 Å². The fourth-order valence-corrected chi connectivity index (χ4v) is 4.03. The molecular formula is C16H21BrN2O2. The van der Waals surface area contributed by atoms with Gasteiger partial charge in [0.15, 0.2) is 0 Å². The summed E-state index contributed by atoms with van der Waals surface area (Å²) in [5.74, 6) is 1.71. The average molecular weight is 353 g/mol. The van der Waals surface area contributed by atoms with Crippen LogP contribution >= 0.6 is 15.9 Å². The van der Waals surface area contributed by atoms with E-state index in [4.69, 9.17) is 10.5 Å². The molecule has 0 bridgehead atoms. The van der Waals surface area contributed by atoms with E-state index in [1.807, 2.05) is 23.1 Å². The Morgan fingerprint density at radius 3 is 2.90 bits per heavy atom. The number of likely N-dealkylation sites (tertiary alicyclic amines) is 1. The Hall–Kier alpha value is -1.07. The second kappa shape index (κ2) is 5.97. The highest BCUT2D eigenvalue weighted by Crippen LogP contribution is 2.36. The molecule has 2 N–H and O–H groups in total. The molecule has 1 amide bonds. The van der Waals surface area contributed by atoms with Gasteiger partial charge in [0, 0.05) is 23.6 Å². The molecule has 3 unspecified atom stereocenters. The molecule has 1 aromatic carbocycles. The second-order valence-electron chi connectivity index (χ2n) is 6.07. The number of hydrogen-bond acceptors (Lipinski definition) is 3. The number of nitrogens with zero attached hydrogens (tertiary/aromatic N) is 1. The molecule has 0 spiro atoms. The van der Waals surface area contributed by atoms with Crippen LogP contribution in [0.25, 0.3) is 0 Å². The van der Waals surface area contributed by atoms with Gasteiger partial charge < -0.3 is 15.4 Å². The molecule has 1 saturated carbocycles. The van der Waals surface area contributed by atoms with E-state index in [0.29, 0.717) is 23.1 Å². The minimum absolute atomic E-state index is 0.0564. The maximum atomic E-state index is 12.8. The molecule has 21 heavy (non-hydrogen) atoms. The predicted molar refractivity (Wildman–Crippen MR) is 85.4 cm³/mol. The number of methoxy groups -OCH3 is 1. The van der Waals surface area contributed by atoms with Crippen LogP contribution in [0.5, 0.6) is 5.75 Å². The summed E-state index contributed by atoms with van der Waals surface area (Å²) in [6, 6.07) is 5.79. The van der Waals surface area contributed by atoms with Crippen molar-refractivity contribution >= 4 is 21.8 Å². The van der Waals surface area contributed by atoms with Crippen LogP contribution in [-0.2, 0) is 0 Å². The third-order valence-electron chi connectivity index (χ3n) is 4.84. The Morgan fingerprint density at radius 2 is 2.19 bits per heavy atom. The number of rotatable bonds is 2. The first-order chi connectivity index (χ1) is 10.1. The van der Waals surface area contributed by atoms with Crippen molar-refractivity contribution in [2.75, 3.05) is 20.2 Å². The molecule has 1 saturated heterocycles. The van der Waals surface area contributed by atoms with Gasteiger partial charge in [-0.05, 0) is 42.9 Å². The van der Waals surface area contributed by atoms with Crippen LogP contribution in [0.3, 0.4) is 0 Å². The molecular weight excluding hydrogens is 332 g/mol.